The Kier molecular flexibility index (Phi) is 8.67. The molecule has 1 aliphatic rings. The average Bonchev–Trinajstić information content (AvgIpc) is 3.71. The zero-order valence-corrected chi connectivity index (χ0v) is 18.6. The van der Waals surface area contributed by atoms with E-state index < -0.39 is 12.2 Å². The van der Waals surface area contributed by atoms with E-state index in [1.165, 1.54) is 0 Å². The molecule has 0 radical (unpaired) electrons. The van der Waals surface area contributed by atoms with Gasteiger partial charge in [-0.3, -0.25) is 0 Å². The Morgan fingerprint density at radius 3 is 1.88 bits per heavy atom. The first-order valence-electron chi connectivity index (χ1n) is 11.2. The second-order valence-electron chi connectivity index (χ2n) is 7.99. The van der Waals surface area contributed by atoms with Crippen molar-refractivity contribution in [2.45, 2.75) is 38.1 Å². The predicted molar refractivity (Wildman–Crippen MR) is 126 cm³/mol. The van der Waals surface area contributed by atoms with E-state index in [0.29, 0.717) is 32.2 Å². The molecule has 33 heavy (non-hydrogen) atoms. The highest BCUT2D eigenvalue weighted by Crippen LogP contribution is 2.24. The number of benzene rings is 3. The summed E-state index contributed by atoms with van der Waals surface area (Å²) in [7, 11) is 0. The number of ether oxygens (including phenoxy) is 4. The van der Waals surface area contributed by atoms with Crippen molar-refractivity contribution in [3.8, 4) is 0 Å². The molecule has 1 aliphatic heterocycles. The smallest absolute Gasteiger partial charge is 0.138 e. The first-order valence-corrected chi connectivity index (χ1v) is 11.2. The molecule has 1 saturated heterocycles. The first-order chi connectivity index (χ1) is 16.3. The Balaban J connectivity index is 1.41. The molecular formula is C28H30O5. The van der Waals surface area contributed by atoms with Crippen molar-refractivity contribution in [2.75, 3.05) is 13.2 Å². The third-order valence-electron chi connectivity index (χ3n) is 5.29. The van der Waals surface area contributed by atoms with Crippen LogP contribution < -0.4 is 0 Å². The van der Waals surface area contributed by atoms with Gasteiger partial charge in [-0.1, -0.05) is 91.0 Å². The molecular weight excluding hydrogens is 416 g/mol. The van der Waals surface area contributed by atoms with Crippen LogP contribution in [0.5, 0.6) is 0 Å². The van der Waals surface area contributed by atoms with Crippen molar-refractivity contribution in [3.05, 3.63) is 120 Å². The van der Waals surface area contributed by atoms with Crippen molar-refractivity contribution in [1.82, 2.24) is 0 Å². The van der Waals surface area contributed by atoms with Crippen LogP contribution in [0, 0.1) is 0 Å². The number of aliphatic hydroxyl groups is 1. The summed E-state index contributed by atoms with van der Waals surface area (Å²) in [5.41, 5.74) is 3.15. The standard InChI is InChI=1S/C28H30O5/c29-25(20-30-17-22-10-4-1-5-11-22)26(31-18-23-12-6-2-7-13-23)16-27(28-21-33-28)32-19-24-14-8-3-9-15-24/h1-16,25-26,28-29H,17-21H2/b27-16+/t25-,26+,28?/m1/s1. The quantitative estimate of drug-likeness (QED) is 0.306. The van der Waals surface area contributed by atoms with Gasteiger partial charge in [0.05, 0.1) is 26.4 Å². The van der Waals surface area contributed by atoms with Gasteiger partial charge in [-0.15, -0.1) is 0 Å². The molecule has 0 aromatic heterocycles. The lowest BCUT2D eigenvalue weighted by atomic mass is 10.1. The molecule has 3 aromatic carbocycles. The molecule has 0 bridgehead atoms. The average molecular weight is 447 g/mol. The van der Waals surface area contributed by atoms with Crippen LogP contribution in [0.4, 0.5) is 0 Å². The van der Waals surface area contributed by atoms with E-state index in [1.807, 2.05) is 97.1 Å². The number of hydrogen-bond acceptors (Lipinski definition) is 5. The van der Waals surface area contributed by atoms with Crippen LogP contribution in [0.2, 0.25) is 0 Å². The van der Waals surface area contributed by atoms with Crippen molar-refractivity contribution < 1.29 is 24.1 Å². The molecule has 0 amide bonds. The van der Waals surface area contributed by atoms with Gasteiger partial charge in [0.25, 0.3) is 0 Å². The summed E-state index contributed by atoms with van der Waals surface area (Å²) in [5.74, 6) is 0.680. The Hall–Kier alpha value is -2.96. The second kappa shape index (κ2) is 12.3. The summed E-state index contributed by atoms with van der Waals surface area (Å²) in [6.07, 6.45) is 0.275. The lowest BCUT2D eigenvalue weighted by molar-refractivity contribution is -0.0618. The maximum absolute atomic E-state index is 10.9. The second-order valence-corrected chi connectivity index (χ2v) is 7.99. The van der Waals surface area contributed by atoms with Crippen LogP contribution in [-0.2, 0) is 38.8 Å². The van der Waals surface area contributed by atoms with E-state index in [-0.39, 0.29) is 12.7 Å². The number of hydrogen-bond donors (Lipinski definition) is 1. The fraction of sp³-hybridized carbons (Fsp3) is 0.286. The van der Waals surface area contributed by atoms with Gasteiger partial charge in [-0.25, -0.2) is 0 Å². The van der Waals surface area contributed by atoms with Crippen molar-refractivity contribution >= 4 is 0 Å². The third kappa shape index (κ3) is 7.84. The molecule has 1 heterocycles. The number of aliphatic hydroxyl groups excluding tert-OH is 1. The molecule has 5 heteroatoms. The molecule has 172 valence electrons. The van der Waals surface area contributed by atoms with Gasteiger partial charge in [-0.2, -0.15) is 0 Å². The lowest BCUT2D eigenvalue weighted by Gasteiger charge is -2.22. The summed E-state index contributed by atoms with van der Waals surface area (Å²) in [5, 5.41) is 10.9. The van der Waals surface area contributed by atoms with E-state index in [1.54, 1.807) is 0 Å². The summed E-state index contributed by atoms with van der Waals surface area (Å²) in [4.78, 5) is 0. The van der Waals surface area contributed by atoms with E-state index in [2.05, 4.69) is 0 Å². The minimum atomic E-state index is -0.855. The molecule has 4 rings (SSSR count). The maximum atomic E-state index is 10.9. The summed E-state index contributed by atoms with van der Waals surface area (Å²) in [6, 6.07) is 29.8. The van der Waals surface area contributed by atoms with Crippen LogP contribution in [0.3, 0.4) is 0 Å². The van der Waals surface area contributed by atoms with E-state index >= 15 is 0 Å². The first kappa shape index (κ1) is 23.2. The largest absolute Gasteiger partial charge is 0.491 e. The normalized spacial score (nSPS) is 17.4. The third-order valence-corrected chi connectivity index (χ3v) is 5.29. The van der Waals surface area contributed by atoms with Crippen molar-refractivity contribution in [1.29, 1.82) is 0 Å². The van der Waals surface area contributed by atoms with Gasteiger partial charge in [0, 0.05) is 0 Å². The Morgan fingerprint density at radius 2 is 1.33 bits per heavy atom. The molecule has 5 nitrogen and oxygen atoms in total. The molecule has 1 unspecified atom stereocenters. The van der Waals surface area contributed by atoms with Crippen LogP contribution >= 0.6 is 0 Å². The fourth-order valence-corrected chi connectivity index (χ4v) is 3.37. The van der Waals surface area contributed by atoms with E-state index in [4.69, 9.17) is 18.9 Å². The monoisotopic (exact) mass is 446 g/mol. The van der Waals surface area contributed by atoms with Gasteiger partial charge < -0.3 is 24.1 Å². The SMILES string of the molecule is O[C@H](COCc1ccccc1)[C@H](/C=C(/OCc1ccccc1)C1CO1)OCc1ccccc1. The van der Waals surface area contributed by atoms with Gasteiger partial charge in [0.15, 0.2) is 0 Å². The summed E-state index contributed by atoms with van der Waals surface area (Å²) in [6.45, 7) is 1.97. The minimum Gasteiger partial charge on any atom is -0.491 e. The zero-order chi connectivity index (χ0) is 22.7. The topological polar surface area (TPSA) is 60.5 Å². The van der Waals surface area contributed by atoms with Gasteiger partial charge in [-0.05, 0) is 22.8 Å². The van der Waals surface area contributed by atoms with Crippen LogP contribution in [0.15, 0.2) is 103 Å². The van der Waals surface area contributed by atoms with E-state index in [9.17, 15) is 5.11 Å². The predicted octanol–water partition coefficient (Wildman–Crippen LogP) is 4.65. The molecule has 1 N–H and O–H groups in total. The van der Waals surface area contributed by atoms with Gasteiger partial charge >= 0.3 is 0 Å². The highest BCUT2D eigenvalue weighted by atomic mass is 16.6. The van der Waals surface area contributed by atoms with Crippen LogP contribution in [0.1, 0.15) is 16.7 Å². The minimum absolute atomic E-state index is 0.103. The van der Waals surface area contributed by atoms with Crippen LogP contribution in [-0.4, -0.2) is 36.6 Å². The molecule has 0 saturated carbocycles. The van der Waals surface area contributed by atoms with Gasteiger partial charge in [0.2, 0.25) is 0 Å². The molecule has 0 aliphatic carbocycles. The van der Waals surface area contributed by atoms with Gasteiger partial charge in [0.1, 0.15) is 30.7 Å². The van der Waals surface area contributed by atoms with E-state index in [0.717, 1.165) is 16.7 Å². The number of epoxide rings is 1. The molecule has 3 atom stereocenters. The lowest BCUT2D eigenvalue weighted by Crippen LogP contribution is -2.32. The Labute approximate surface area is 195 Å². The molecule has 3 aromatic rings. The molecule has 1 fully saturated rings. The fourth-order valence-electron chi connectivity index (χ4n) is 3.37. The summed E-state index contributed by atoms with van der Waals surface area (Å²) >= 11 is 0. The van der Waals surface area contributed by atoms with Crippen LogP contribution in [0.25, 0.3) is 0 Å². The van der Waals surface area contributed by atoms with Crippen molar-refractivity contribution in [3.63, 3.8) is 0 Å². The molecule has 0 spiro atoms. The van der Waals surface area contributed by atoms with Crippen molar-refractivity contribution in [2.24, 2.45) is 0 Å². The highest BCUT2D eigenvalue weighted by molar-refractivity contribution is 5.17. The zero-order valence-electron chi connectivity index (χ0n) is 18.6. The Morgan fingerprint density at radius 1 is 0.818 bits per heavy atom. The highest BCUT2D eigenvalue weighted by Gasteiger charge is 2.31. The summed E-state index contributed by atoms with van der Waals surface area (Å²) < 4.78 is 23.4. The maximum Gasteiger partial charge on any atom is 0.138 e. The Bertz CT molecular complexity index is 971. The number of rotatable bonds is 13.